The molecule has 0 radical (unpaired) electrons. The summed E-state index contributed by atoms with van der Waals surface area (Å²) in [5.41, 5.74) is 0. The lowest BCUT2D eigenvalue weighted by Gasteiger charge is -2.37. The number of nitrogens with zero attached hydrogens (tertiary/aromatic N) is 1. The van der Waals surface area contributed by atoms with E-state index in [0.29, 0.717) is 18.2 Å². The van der Waals surface area contributed by atoms with Crippen LogP contribution < -0.4 is 0 Å². The molecule has 0 bridgehead atoms. The largest absolute Gasteiger partial charge is 0.298 e. The van der Waals surface area contributed by atoms with Crippen molar-refractivity contribution in [2.24, 2.45) is 5.92 Å². The fourth-order valence-corrected chi connectivity index (χ4v) is 2.80. The minimum Gasteiger partial charge on any atom is -0.298 e. The predicted molar refractivity (Wildman–Crippen MR) is 68.6 cm³/mol. The van der Waals surface area contributed by atoms with Crippen LogP contribution in [0.1, 0.15) is 59.3 Å². The average Bonchev–Trinajstić information content (AvgIpc) is 2.36. The number of hydrogen-bond donors (Lipinski definition) is 0. The van der Waals surface area contributed by atoms with Gasteiger partial charge in [0.15, 0.2) is 0 Å². The van der Waals surface area contributed by atoms with E-state index < -0.39 is 0 Å². The van der Waals surface area contributed by atoms with E-state index in [1.54, 1.807) is 0 Å². The molecule has 1 atom stereocenters. The Bertz CT molecular complexity index is 219. The van der Waals surface area contributed by atoms with Gasteiger partial charge < -0.3 is 0 Å². The summed E-state index contributed by atoms with van der Waals surface area (Å²) in [7, 11) is 2.12. The van der Waals surface area contributed by atoms with E-state index >= 15 is 0 Å². The standard InChI is InChI=1S/C14H27NO/c1-5-12-7-9-13(10-8-12)15(4)11(3)14(16)6-2/h11-13H,5-10H2,1-4H3. The van der Waals surface area contributed by atoms with Crippen molar-refractivity contribution in [3.8, 4) is 0 Å². The van der Waals surface area contributed by atoms with E-state index in [1.165, 1.54) is 32.1 Å². The quantitative estimate of drug-likeness (QED) is 0.716. The second kappa shape index (κ2) is 6.39. The Morgan fingerprint density at radius 3 is 2.25 bits per heavy atom. The number of carbonyl (C=O) groups excluding carboxylic acids is 1. The Kier molecular flexibility index (Phi) is 5.47. The van der Waals surface area contributed by atoms with Crippen molar-refractivity contribution in [3.05, 3.63) is 0 Å². The van der Waals surface area contributed by atoms with Gasteiger partial charge in [-0.1, -0.05) is 20.3 Å². The summed E-state index contributed by atoms with van der Waals surface area (Å²) in [6.07, 6.45) is 7.22. The highest BCUT2D eigenvalue weighted by molar-refractivity contribution is 5.83. The van der Waals surface area contributed by atoms with Gasteiger partial charge in [-0.15, -0.1) is 0 Å². The van der Waals surface area contributed by atoms with Crippen LogP contribution in [0.25, 0.3) is 0 Å². The van der Waals surface area contributed by atoms with Crippen LogP contribution >= 0.6 is 0 Å². The fourth-order valence-electron chi connectivity index (χ4n) is 2.80. The van der Waals surface area contributed by atoms with E-state index in [0.717, 1.165) is 5.92 Å². The SMILES string of the molecule is CCC(=O)C(C)N(C)C1CCC(CC)CC1. The zero-order valence-electron chi connectivity index (χ0n) is 11.3. The summed E-state index contributed by atoms with van der Waals surface area (Å²) < 4.78 is 0. The van der Waals surface area contributed by atoms with Crippen molar-refractivity contribution in [3.63, 3.8) is 0 Å². The maximum Gasteiger partial charge on any atom is 0.149 e. The van der Waals surface area contributed by atoms with E-state index in [1.807, 2.05) is 6.92 Å². The van der Waals surface area contributed by atoms with E-state index in [9.17, 15) is 4.79 Å². The molecule has 0 amide bonds. The van der Waals surface area contributed by atoms with Crippen LogP contribution in [-0.4, -0.2) is 29.8 Å². The highest BCUT2D eigenvalue weighted by Gasteiger charge is 2.27. The van der Waals surface area contributed by atoms with Gasteiger partial charge in [-0.25, -0.2) is 0 Å². The second-order valence-electron chi connectivity index (χ2n) is 5.24. The summed E-state index contributed by atoms with van der Waals surface area (Å²) in [6, 6.07) is 0.737. The molecule has 94 valence electrons. The third kappa shape index (κ3) is 3.31. The van der Waals surface area contributed by atoms with Crippen LogP contribution in [0.4, 0.5) is 0 Å². The van der Waals surface area contributed by atoms with Crippen LogP contribution in [0.15, 0.2) is 0 Å². The molecular weight excluding hydrogens is 198 g/mol. The Labute approximate surface area is 100 Å². The molecule has 2 heteroatoms. The zero-order chi connectivity index (χ0) is 12.1. The van der Waals surface area contributed by atoms with E-state index in [4.69, 9.17) is 0 Å². The van der Waals surface area contributed by atoms with Crippen molar-refractivity contribution >= 4 is 5.78 Å². The Hall–Kier alpha value is -0.370. The lowest BCUT2D eigenvalue weighted by atomic mass is 9.83. The first-order valence-electron chi connectivity index (χ1n) is 6.84. The maximum absolute atomic E-state index is 11.7. The van der Waals surface area contributed by atoms with E-state index in [2.05, 4.69) is 25.8 Å². The zero-order valence-corrected chi connectivity index (χ0v) is 11.3. The topological polar surface area (TPSA) is 20.3 Å². The molecule has 16 heavy (non-hydrogen) atoms. The van der Waals surface area contributed by atoms with Gasteiger partial charge in [-0.05, 0) is 45.6 Å². The monoisotopic (exact) mass is 225 g/mol. The molecule has 0 aromatic rings. The summed E-state index contributed by atoms with van der Waals surface area (Å²) in [6.45, 7) is 6.30. The highest BCUT2D eigenvalue weighted by atomic mass is 16.1. The van der Waals surface area contributed by atoms with Crippen molar-refractivity contribution in [1.82, 2.24) is 4.90 Å². The number of carbonyl (C=O) groups is 1. The number of hydrogen-bond acceptors (Lipinski definition) is 2. The van der Waals surface area contributed by atoms with Gasteiger partial charge in [0.25, 0.3) is 0 Å². The molecule has 0 saturated heterocycles. The molecule has 0 heterocycles. The van der Waals surface area contributed by atoms with Crippen LogP contribution in [0.2, 0.25) is 0 Å². The third-order valence-corrected chi connectivity index (χ3v) is 4.39. The van der Waals surface area contributed by atoms with Crippen molar-refractivity contribution in [2.75, 3.05) is 7.05 Å². The minimum absolute atomic E-state index is 0.105. The Balaban J connectivity index is 2.43. The molecule has 0 N–H and O–H groups in total. The molecule has 2 nitrogen and oxygen atoms in total. The number of ketones is 1. The number of likely N-dealkylation sites (N-methyl/N-ethyl adjacent to an activating group) is 1. The molecule has 1 unspecified atom stereocenters. The van der Waals surface area contributed by atoms with Gasteiger partial charge >= 0.3 is 0 Å². The van der Waals surface area contributed by atoms with Gasteiger partial charge in [0.2, 0.25) is 0 Å². The molecule has 0 aliphatic heterocycles. The van der Waals surface area contributed by atoms with Crippen LogP contribution in [0, 0.1) is 5.92 Å². The third-order valence-electron chi connectivity index (χ3n) is 4.39. The molecule has 1 fully saturated rings. The molecule has 1 aliphatic carbocycles. The van der Waals surface area contributed by atoms with Crippen LogP contribution in [-0.2, 0) is 4.79 Å². The Morgan fingerprint density at radius 1 is 1.25 bits per heavy atom. The van der Waals surface area contributed by atoms with Gasteiger partial charge in [0, 0.05) is 12.5 Å². The van der Waals surface area contributed by atoms with Crippen LogP contribution in [0.3, 0.4) is 0 Å². The van der Waals surface area contributed by atoms with Crippen molar-refractivity contribution in [1.29, 1.82) is 0 Å². The molecule has 0 spiro atoms. The summed E-state index contributed by atoms with van der Waals surface area (Å²) in [4.78, 5) is 14.0. The first-order valence-corrected chi connectivity index (χ1v) is 6.84. The van der Waals surface area contributed by atoms with Gasteiger partial charge in [-0.2, -0.15) is 0 Å². The van der Waals surface area contributed by atoms with Crippen molar-refractivity contribution in [2.45, 2.75) is 71.4 Å². The lowest BCUT2D eigenvalue weighted by molar-refractivity contribution is -0.124. The molecule has 0 aromatic heterocycles. The average molecular weight is 225 g/mol. The predicted octanol–water partition coefficient (Wildman–Crippen LogP) is 3.25. The number of rotatable bonds is 5. The minimum atomic E-state index is 0.105. The van der Waals surface area contributed by atoms with E-state index in [-0.39, 0.29) is 6.04 Å². The summed E-state index contributed by atoms with van der Waals surface area (Å²) in [5, 5.41) is 0. The van der Waals surface area contributed by atoms with Gasteiger partial charge in [0.05, 0.1) is 6.04 Å². The van der Waals surface area contributed by atoms with Gasteiger partial charge in [-0.3, -0.25) is 9.69 Å². The molecule has 1 rings (SSSR count). The molecule has 1 saturated carbocycles. The number of Topliss-reactive ketones (excluding diaryl/α,β-unsaturated/α-hetero) is 1. The molecule has 0 aromatic carbocycles. The maximum atomic E-state index is 11.7. The normalized spacial score (nSPS) is 28.1. The van der Waals surface area contributed by atoms with Crippen LogP contribution in [0.5, 0.6) is 0 Å². The first kappa shape index (κ1) is 13.7. The highest BCUT2D eigenvalue weighted by Crippen LogP contribution is 2.29. The fraction of sp³-hybridized carbons (Fsp3) is 0.929. The van der Waals surface area contributed by atoms with Gasteiger partial charge in [0.1, 0.15) is 5.78 Å². The smallest absolute Gasteiger partial charge is 0.149 e. The van der Waals surface area contributed by atoms with Crippen molar-refractivity contribution < 1.29 is 4.79 Å². The second-order valence-corrected chi connectivity index (χ2v) is 5.24. The molecular formula is C14H27NO. The lowest BCUT2D eigenvalue weighted by Crippen LogP contribution is -2.44. The summed E-state index contributed by atoms with van der Waals surface area (Å²) in [5.74, 6) is 1.31. The molecule has 1 aliphatic rings. The Morgan fingerprint density at radius 2 is 1.81 bits per heavy atom. The first-order chi connectivity index (χ1) is 7.60. The summed E-state index contributed by atoms with van der Waals surface area (Å²) >= 11 is 0.